The molecule has 1 aliphatic heterocycles. The summed E-state index contributed by atoms with van der Waals surface area (Å²) in [5, 5.41) is 3.24. The van der Waals surface area contributed by atoms with Crippen LogP contribution in [-0.4, -0.2) is 30.5 Å². The van der Waals surface area contributed by atoms with E-state index >= 15 is 0 Å². The van der Waals surface area contributed by atoms with Gasteiger partial charge in [-0.05, 0) is 6.07 Å². The Labute approximate surface area is 92.2 Å². The Kier molecular flexibility index (Phi) is 2.64. The molecule has 0 saturated carbocycles. The van der Waals surface area contributed by atoms with Crippen LogP contribution in [0.25, 0.3) is 0 Å². The average molecular weight is 227 g/mol. The first kappa shape index (κ1) is 10.0. The molecule has 0 aromatic carbocycles. The number of nitrogens with one attached hydrogen (secondary N) is 1. The van der Waals surface area contributed by atoms with Crippen LogP contribution in [0.1, 0.15) is 0 Å². The molecule has 1 fully saturated rings. The second kappa shape index (κ2) is 3.94. The van der Waals surface area contributed by atoms with E-state index in [1.807, 2.05) is 4.90 Å². The highest BCUT2D eigenvalue weighted by molar-refractivity contribution is 6.30. The van der Waals surface area contributed by atoms with Gasteiger partial charge in [-0.25, -0.2) is 4.98 Å². The Morgan fingerprint density at radius 1 is 1.60 bits per heavy atom. The molecular formula is C9H11ClN4O. The predicted octanol–water partition coefficient (Wildman–Crippen LogP) is 0.253. The summed E-state index contributed by atoms with van der Waals surface area (Å²) in [4.78, 5) is 17.1. The lowest BCUT2D eigenvalue weighted by Crippen LogP contribution is -2.48. The molecule has 0 bridgehead atoms. The number of nitrogen functional groups attached to an aromatic ring is 1. The highest BCUT2D eigenvalue weighted by Crippen LogP contribution is 2.23. The third kappa shape index (κ3) is 2.12. The first-order valence-electron chi connectivity index (χ1n) is 4.59. The first-order valence-corrected chi connectivity index (χ1v) is 4.97. The third-order valence-corrected chi connectivity index (χ3v) is 2.41. The van der Waals surface area contributed by atoms with Gasteiger partial charge in [-0.3, -0.25) is 4.79 Å². The molecule has 0 unspecified atom stereocenters. The van der Waals surface area contributed by atoms with E-state index in [1.165, 1.54) is 6.20 Å². The molecule has 0 spiro atoms. The minimum Gasteiger partial charge on any atom is -0.396 e. The molecule has 15 heavy (non-hydrogen) atoms. The van der Waals surface area contributed by atoms with Gasteiger partial charge in [0.2, 0.25) is 5.91 Å². The van der Waals surface area contributed by atoms with Crippen molar-refractivity contribution in [2.45, 2.75) is 0 Å². The summed E-state index contributed by atoms with van der Waals surface area (Å²) in [6, 6.07) is 1.64. The number of pyridine rings is 1. The molecule has 1 saturated heterocycles. The van der Waals surface area contributed by atoms with Gasteiger partial charge in [0.25, 0.3) is 0 Å². The van der Waals surface area contributed by atoms with Crippen LogP contribution >= 0.6 is 11.6 Å². The number of carbonyl (C=O) groups excluding carboxylic acids is 1. The Morgan fingerprint density at radius 2 is 2.40 bits per heavy atom. The highest BCUT2D eigenvalue weighted by atomic mass is 35.5. The van der Waals surface area contributed by atoms with Crippen LogP contribution in [0.4, 0.5) is 11.5 Å². The monoisotopic (exact) mass is 226 g/mol. The number of piperazine rings is 1. The van der Waals surface area contributed by atoms with Crippen LogP contribution in [0.2, 0.25) is 5.02 Å². The smallest absolute Gasteiger partial charge is 0.239 e. The Hall–Kier alpha value is -1.49. The van der Waals surface area contributed by atoms with Gasteiger partial charge in [-0.1, -0.05) is 11.6 Å². The quantitative estimate of drug-likeness (QED) is 0.720. The zero-order valence-electron chi connectivity index (χ0n) is 8.03. The summed E-state index contributed by atoms with van der Waals surface area (Å²) in [5.74, 6) is 0.603. The van der Waals surface area contributed by atoms with Gasteiger partial charge < -0.3 is 16.0 Å². The van der Waals surface area contributed by atoms with E-state index in [-0.39, 0.29) is 5.91 Å². The fourth-order valence-corrected chi connectivity index (χ4v) is 1.70. The number of nitrogens with zero attached hydrogens (tertiary/aromatic N) is 2. The van der Waals surface area contributed by atoms with E-state index in [2.05, 4.69) is 10.3 Å². The molecular weight excluding hydrogens is 216 g/mol. The van der Waals surface area contributed by atoms with Crippen molar-refractivity contribution in [1.29, 1.82) is 0 Å². The molecule has 0 aliphatic carbocycles. The summed E-state index contributed by atoms with van der Waals surface area (Å²) in [5.41, 5.74) is 6.27. The van der Waals surface area contributed by atoms with Gasteiger partial charge in [0, 0.05) is 19.3 Å². The minimum absolute atomic E-state index is 0.0163. The Morgan fingerprint density at radius 3 is 3.07 bits per heavy atom. The number of aromatic nitrogens is 1. The third-order valence-electron chi connectivity index (χ3n) is 2.20. The number of carbonyl (C=O) groups is 1. The minimum atomic E-state index is -0.0163. The second-order valence-electron chi connectivity index (χ2n) is 3.34. The molecule has 3 N–H and O–H groups in total. The summed E-state index contributed by atoms with van der Waals surface area (Å²) >= 11 is 5.74. The van der Waals surface area contributed by atoms with Crippen molar-refractivity contribution >= 4 is 29.0 Å². The van der Waals surface area contributed by atoms with Gasteiger partial charge in [-0.2, -0.15) is 0 Å². The molecule has 1 amide bonds. The molecule has 2 heterocycles. The number of hydrogen-bond acceptors (Lipinski definition) is 4. The summed E-state index contributed by atoms with van der Waals surface area (Å²) in [6.45, 7) is 1.62. The molecule has 2 rings (SSSR count). The molecule has 1 aromatic heterocycles. The fourth-order valence-electron chi connectivity index (χ4n) is 1.53. The lowest BCUT2D eigenvalue weighted by molar-refractivity contribution is -0.120. The molecule has 0 radical (unpaired) electrons. The molecule has 1 aliphatic rings. The number of nitrogens with two attached hydrogens (primary N) is 1. The van der Waals surface area contributed by atoms with E-state index in [0.717, 1.165) is 0 Å². The number of hydrogen-bond donors (Lipinski definition) is 2. The lowest BCUT2D eigenvalue weighted by atomic mass is 10.3. The lowest BCUT2D eigenvalue weighted by Gasteiger charge is -2.28. The summed E-state index contributed by atoms with van der Waals surface area (Å²) in [6.07, 6.45) is 1.53. The van der Waals surface area contributed by atoms with Crippen molar-refractivity contribution in [2.75, 3.05) is 30.3 Å². The van der Waals surface area contributed by atoms with E-state index in [1.54, 1.807) is 6.07 Å². The molecule has 6 heteroatoms. The topological polar surface area (TPSA) is 71.2 Å². The van der Waals surface area contributed by atoms with Crippen LogP contribution in [0.5, 0.6) is 0 Å². The van der Waals surface area contributed by atoms with Crippen LogP contribution in [-0.2, 0) is 4.79 Å². The van der Waals surface area contributed by atoms with Crippen LogP contribution in [0, 0.1) is 0 Å². The Balaban J connectivity index is 2.24. The normalized spacial score (nSPS) is 16.3. The van der Waals surface area contributed by atoms with Gasteiger partial charge in [0.1, 0.15) is 0 Å². The Bertz CT molecular complexity index is 396. The van der Waals surface area contributed by atoms with Crippen molar-refractivity contribution in [3.8, 4) is 0 Å². The first-order chi connectivity index (χ1) is 7.16. The highest BCUT2D eigenvalue weighted by Gasteiger charge is 2.19. The fraction of sp³-hybridized carbons (Fsp3) is 0.333. The predicted molar refractivity (Wildman–Crippen MR) is 58.9 cm³/mol. The van der Waals surface area contributed by atoms with Crippen molar-refractivity contribution < 1.29 is 4.79 Å². The number of amides is 1. The standard InChI is InChI=1S/C9H11ClN4O/c10-6-3-7(11)9(13-4-6)14-2-1-12-8(15)5-14/h3-4H,1-2,5,11H2,(H,12,15). The maximum absolute atomic E-state index is 11.2. The summed E-state index contributed by atoms with van der Waals surface area (Å²) < 4.78 is 0. The van der Waals surface area contributed by atoms with E-state index in [4.69, 9.17) is 17.3 Å². The SMILES string of the molecule is Nc1cc(Cl)cnc1N1CCNC(=O)C1. The number of anilines is 2. The average Bonchev–Trinajstić information content (AvgIpc) is 2.17. The number of rotatable bonds is 1. The van der Waals surface area contributed by atoms with Gasteiger partial charge >= 0.3 is 0 Å². The molecule has 5 nitrogen and oxygen atoms in total. The van der Waals surface area contributed by atoms with Crippen molar-refractivity contribution in [3.63, 3.8) is 0 Å². The summed E-state index contributed by atoms with van der Waals surface area (Å²) in [7, 11) is 0. The maximum atomic E-state index is 11.2. The van der Waals surface area contributed by atoms with Crippen molar-refractivity contribution in [1.82, 2.24) is 10.3 Å². The van der Waals surface area contributed by atoms with Crippen LogP contribution in [0.3, 0.4) is 0 Å². The van der Waals surface area contributed by atoms with Crippen LogP contribution in [0.15, 0.2) is 12.3 Å². The van der Waals surface area contributed by atoms with Gasteiger partial charge in [0.15, 0.2) is 5.82 Å². The van der Waals surface area contributed by atoms with Gasteiger partial charge in [-0.15, -0.1) is 0 Å². The molecule has 80 valence electrons. The second-order valence-corrected chi connectivity index (χ2v) is 3.77. The molecule has 0 atom stereocenters. The van der Waals surface area contributed by atoms with E-state index < -0.39 is 0 Å². The maximum Gasteiger partial charge on any atom is 0.239 e. The zero-order valence-corrected chi connectivity index (χ0v) is 8.79. The van der Waals surface area contributed by atoms with E-state index in [9.17, 15) is 4.79 Å². The van der Waals surface area contributed by atoms with E-state index in [0.29, 0.717) is 36.2 Å². The molecule has 1 aromatic rings. The van der Waals surface area contributed by atoms with Crippen molar-refractivity contribution in [3.05, 3.63) is 17.3 Å². The van der Waals surface area contributed by atoms with Gasteiger partial charge in [0.05, 0.1) is 17.3 Å². The zero-order chi connectivity index (χ0) is 10.8. The largest absolute Gasteiger partial charge is 0.396 e. The van der Waals surface area contributed by atoms with Crippen LogP contribution < -0.4 is 16.0 Å². The number of halogens is 1. The van der Waals surface area contributed by atoms with Crippen molar-refractivity contribution in [2.24, 2.45) is 0 Å².